The zero-order valence-corrected chi connectivity index (χ0v) is 17.5. The molecule has 4 rings (SSSR count). The van der Waals surface area contributed by atoms with Crippen LogP contribution < -0.4 is 14.4 Å². The summed E-state index contributed by atoms with van der Waals surface area (Å²) in [7, 11) is 5.14. The summed E-state index contributed by atoms with van der Waals surface area (Å²) >= 11 is 1.46. The van der Waals surface area contributed by atoms with Gasteiger partial charge in [-0.3, -0.25) is 9.59 Å². The van der Waals surface area contributed by atoms with E-state index in [-0.39, 0.29) is 11.8 Å². The molecule has 0 unspecified atom stereocenters. The van der Waals surface area contributed by atoms with Crippen molar-refractivity contribution in [3.8, 4) is 11.5 Å². The Kier molecular flexibility index (Phi) is 5.29. The second kappa shape index (κ2) is 7.88. The van der Waals surface area contributed by atoms with Crippen LogP contribution in [0.5, 0.6) is 11.5 Å². The lowest BCUT2D eigenvalue weighted by Crippen LogP contribution is -2.46. The molecule has 8 heteroatoms. The first-order valence-electron chi connectivity index (χ1n) is 9.37. The molecule has 0 radical (unpaired) electrons. The topological polar surface area (TPSA) is 62.3 Å². The number of anilines is 1. The average Bonchev–Trinajstić information content (AvgIpc) is 3.34. The molecule has 0 spiro atoms. The highest BCUT2D eigenvalue weighted by Gasteiger charge is 2.43. The smallest absolute Gasteiger partial charge is 0.282 e. The van der Waals surface area contributed by atoms with Crippen LogP contribution in [-0.2, 0) is 9.59 Å². The molecule has 1 fully saturated rings. The number of amides is 2. The van der Waals surface area contributed by atoms with Crippen LogP contribution in [0.25, 0.3) is 5.57 Å². The van der Waals surface area contributed by atoms with Crippen molar-refractivity contribution in [3.63, 3.8) is 0 Å². The Morgan fingerprint density at radius 3 is 2.14 bits per heavy atom. The van der Waals surface area contributed by atoms with E-state index in [4.69, 9.17) is 9.47 Å². The maximum absolute atomic E-state index is 13.5. The van der Waals surface area contributed by atoms with Crippen LogP contribution in [0.15, 0.2) is 41.4 Å². The maximum Gasteiger partial charge on any atom is 0.282 e. The van der Waals surface area contributed by atoms with Gasteiger partial charge in [-0.05, 0) is 18.5 Å². The number of carbonyl (C=O) groups excluding carboxylic acids is 2. The van der Waals surface area contributed by atoms with Crippen molar-refractivity contribution >= 4 is 34.4 Å². The van der Waals surface area contributed by atoms with Gasteiger partial charge < -0.3 is 19.3 Å². The number of carbonyl (C=O) groups is 2. The third-order valence-electron chi connectivity index (χ3n) is 5.24. The molecule has 0 atom stereocenters. The highest BCUT2D eigenvalue weighted by atomic mass is 32.1. The van der Waals surface area contributed by atoms with Gasteiger partial charge in [0.1, 0.15) is 17.2 Å². The zero-order chi connectivity index (χ0) is 20.5. The fourth-order valence-corrected chi connectivity index (χ4v) is 4.40. The van der Waals surface area contributed by atoms with Crippen molar-refractivity contribution in [1.29, 1.82) is 0 Å². The number of methoxy groups -OCH3 is 2. The Hall–Kier alpha value is -2.84. The van der Waals surface area contributed by atoms with Gasteiger partial charge in [-0.25, -0.2) is 4.90 Å². The minimum absolute atomic E-state index is 0.307. The monoisotopic (exact) mass is 413 g/mol. The summed E-state index contributed by atoms with van der Waals surface area (Å²) in [6.45, 7) is 3.09. The predicted octanol–water partition coefficient (Wildman–Crippen LogP) is 2.30. The predicted molar refractivity (Wildman–Crippen MR) is 112 cm³/mol. The molecule has 2 aliphatic rings. The van der Waals surface area contributed by atoms with Crippen LogP contribution in [0.2, 0.25) is 0 Å². The average molecular weight is 413 g/mol. The lowest BCUT2D eigenvalue weighted by Gasteiger charge is -2.34. The van der Waals surface area contributed by atoms with E-state index in [0.29, 0.717) is 41.5 Å². The van der Waals surface area contributed by atoms with Crippen molar-refractivity contribution in [3.05, 3.63) is 46.3 Å². The van der Waals surface area contributed by atoms with E-state index < -0.39 is 0 Å². The first-order valence-corrected chi connectivity index (χ1v) is 10.2. The van der Waals surface area contributed by atoms with Crippen molar-refractivity contribution in [1.82, 2.24) is 9.80 Å². The zero-order valence-electron chi connectivity index (χ0n) is 16.7. The van der Waals surface area contributed by atoms with Gasteiger partial charge in [-0.15, -0.1) is 11.3 Å². The molecule has 2 aliphatic heterocycles. The molecule has 2 aromatic rings. The van der Waals surface area contributed by atoms with E-state index in [0.717, 1.165) is 18.0 Å². The molecule has 0 bridgehead atoms. The number of piperazine rings is 1. The summed E-state index contributed by atoms with van der Waals surface area (Å²) in [4.78, 5) is 33.3. The van der Waals surface area contributed by atoms with E-state index in [1.165, 1.54) is 30.5 Å². The molecule has 3 heterocycles. The van der Waals surface area contributed by atoms with Gasteiger partial charge in [0.25, 0.3) is 11.8 Å². The van der Waals surface area contributed by atoms with Crippen molar-refractivity contribution in [2.45, 2.75) is 0 Å². The van der Waals surface area contributed by atoms with Gasteiger partial charge in [0.2, 0.25) is 0 Å². The minimum atomic E-state index is -0.318. The summed E-state index contributed by atoms with van der Waals surface area (Å²) in [6, 6.07) is 8.85. The lowest BCUT2D eigenvalue weighted by molar-refractivity contribution is -0.120. The van der Waals surface area contributed by atoms with Crippen LogP contribution in [-0.4, -0.2) is 69.1 Å². The molecule has 7 nitrogen and oxygen atoms in total. The maximum atomic E-state index is 13.5. The normalized spacial score (nSPS) is 18.0. The molecule has 152 valence electrons. The molecule has 0 aliphatic carbocycles. The molecule has 29 heavy (non-hydrogen) atoms. The first-order chi connectivity index (χ1) is 14.0. The van der Waals surface area contributed by atoms with E-state index in [9.17, 15) is 9.59 Å². The summed E-state index contributed by atoms with van der Waals surface area (Å²) in [5, 5.41) is 1.92. The van der Waals surface area contributed by atoms with Gasteiger partial charge in [0.05, 0.1) is 25.5 Å². The number of hydrogen-bond donors (Lipinski definition) is 0. The van der Waals surface area contributed by atoms with Crippen LogP contribution in [0, 0.1) is 0 Å². The van der Waals surface area contributed by atoms with Crippen molar-refractivity contribution in [2.24, 2.45) is 0 Å². The highest BCUT2D eigenvalue weighted by Crippen LogP contribution is 2.39. The van der Waals surface area contributed by atoms with Crippen LogP contribution in [0.4, 0.5) is 5.69 Å². The van der Waals surface area contributed by atoms with E-state index in [1.54, 1.807) is 18.2 Å². The second-order valence-electron chi connectivity index (χ2n) is 7.01. The van der Waals surface area contributed by atoms with Gasteiger partial charge >= 0.3 is 0 Å². The van der Waals surface area contributed by atoms with Crippen molar-refractivity contribution < 1.29 is 19.1 Å². The molecule has 2 amide bonds. The quantitative estimate of drug-likeness (QED) is 0.701. The van der Waals surface area contributed by atoms with E-state index in [2.05, 4.69) is 11.9 Å². The van der Waals surface area contributed by atoms with Gasteiger partial charge in [-0.1, -0.05) is 6.07 Å². The summed E-state index contributed by atoms with van der Waals surface area (Å²) in [5.41, 5.74) is 1.39. The lowest BCUT2D eigenvalue weighted by atomic mass is 10.1. The van der Waals surface area contributed by atoms with Gasteiger partial charge in [-0.2, -0.15) is 0 Å². The van der Waals surface area contributed by atoms with Gasteiger partial charge in [0, 0.05) is 49.3 Å². The standard InChI is InChI=1S/C21H23N3O4S/c1-22-6-8-23(9-7-22)19-18(17-5-4-10-29-17)20(25)24(21(19)26)14-11-15(27-2)13-16(12-14)28-3/h4-5,10-13H,6-9H2,1-3H3. The van der Waals surface area contributed by atoms with E-state index in [1.807, 2.05) is 22.4 Å². The number of ether oxygens (including phenoxy) is 2. The third kappa shape index (κ3) is 3.49. The van der Waals surface area contributed by atoms with E-state index >= 15 is 0 Å². The molecule has 0 N–H and O–H groups in total. The summed E-state index contributed by atoms with van der Waals surface area (Å²) < 4.78 is 10.6. The fraction of sp³-hybridized carbons (Fsp3) is 0.333. The summed E-state index contributed by atoms with van der Waals surface area (Å²) in [5.74, 6) is 0.413. The Labute approximate surface area is 173 Å². The van der Waals surface area contributed by atoms with Crippen LogP contribution in [0.3, 0.4) is 0 Å². The Bertz CT molecular complexity index is 940. The number of likely N-dealkylation sites (N-methyl/N-ethyl adjacent to an activating group) is 1. The van der Waals surface area contributed by atoms with Crippen molar-refractivity contribution in [2.75, 3.05) is 52.3 Å². The second-order valence-corrected chi connectivity index (χ2v) is 7.96. The minimum Gasteiger partial charge on any atom is -0.497 e. The molecule has 0 saturated carbocycles. The molecule has 1 aromatic heterocycles. The molecule has 1 aromatic carbocycles. The molecular weight excluding hydrogens is 390 g/mol. The Balaban J connectivity index is 1.79. The Morgan fingerprint density at radius 2 is 1.59 bits per heavy atom. The highest BCUT2D eigenvalue weighted by molar-refractivity contribution is 7.11. The number of imide groups is 1. The number of nitrogens with zero attached hydrogens (tertiary/aromatic N) is 3. The Morgan fingerprint density at radius 1 is 0.931 bits per heavy atom. The fourth-order valence-electron chi connectivity index (χ4n) is 3.64. The van der Waals surface area contributed by atoms with Crippen LogP contribution >= 0.6 is 11.3 Å². The summed E-state index contributed by atoms with van der Waals surface area (Å²) in [6.07, 6.45) is 0. The number of hydrogen-bond acceptors (Lipinski definition) is 7. The SMILES string of the molecule is COc1cc(OC)cc(N2C(=O)C(c3cccs3)=C(N3CCN(C)CC3)C2=O)c1. The first kappa shape index (κ1) is 19.5. The van der Waals surface area contributed by atoms with Gasteiger partial charge in [0.15, 0.2) is 0 Å². The molecular formula is C21H23N3O4S. The number of rotatable bonds is 5. The van der Waals surface area contributed by atoms with Crippen LogP contribution in [0.1, 0.15) is 4.88 Å². The third-order valence-corrected chi connectivity index (χ3v) is 6.13. The molecule has 1 saturated heterocycles. The number of benzene rings is 1. The number of thiophene rings is 1. The largest absolute Gasteiger partial charge is 0.497 e.